The van der Waals surface area contributed by atoms with Crippen LogP contribution in [-0.2, 0) is 4.74 Å². The molecule has 0 aliphatic heterocycles. The number of rotatable bonds is 5. The van der Waals surface area contributed by atoms with Gasteiger partial charge < -0.3 is 22.0 Å². The summed E-state index contributed by atoms with van der Waals surface area (Å²) in [6, 6.07) is 34.1. The number of ether oxygens (including phenoxy) is 1. The van der Waals surface area contributed by atoms with Gasteiger partial charge in [0.25, 0.3) is 5.69 Å². The molecule has 3 aromatic carbocycles. The fourth-order valence-corrected chi connectivity index (χ4v) is 3.42. The second kappa shape index (κ2) is 11.3. The van der Waals surface area contributed by atoms with Crippen molar-refractivity contribution in [2.45, 2.75) is 6.92 Å². The first-order chi connectivity index (χ1) is 16.3. The van der Waals surface area contributed by atoms with Gasteiger partial charge in [0.1, 0.15) is 0 Å². The maximum atomic E-state index is 13.0. The Morgan fingerprint density at radius 1 is 0.735 bits per heavy atom. The Balaban J connectivity index is 0.000000588. The van der Waals surface area contributed by atoms with Crippen LogP contribution < -0.4 is 4.57 Å². The SMILES string of the molecule is CCOC(=O)c1cc(-c2ccccc2)cc(-c2ccccc2)[n+]1-c1ccccc1.F[B-](F)(F)F. The zero-order chi connectivity index (χ0) is 24.6. The van der Waals surface area contributed by atoms with Gasteiger partial charge in [-0.3, -0.25) is 0 Å². The molecule has 0 aliphatic rings. The van der Waals surface area contributed by atoms with E-state index in [0.29, 0.717) is 12.3 Å². The number of carbonyl (C=O) groups excluding carboxylic acids is 1. The van der Waals surface area contributed by atoms with Crippen molar-refractivity contribution in [1.29, 1.82) is 0 Å². The van der Waals surface area contributed by atoms with Crippen LogP contribution in [0, 0.1) is 0 Å². The lowest BCUT2D eigenvalue weighted by atomic mass is 10.0. The smallest absolute Gasteiger partial charge is 0.458 e. The molecular weight excluding hydrogens is 445 g/mol. The van der Waals surface area contributed by atoms with Gasteiger partial charge in [0.15, 0.2) is 0 Å². The lowest BCUT2D eigenvalue weighted by Crippen LogP contribution is -2.41. The Bertz CT molecular complexity index is 1210. The number of hydrogen-bond donors (Lipinski definition) is 0. The third kappa shape index (κ3) is 6.78. The topological polar surface area (TPSA) is 30.2 Å². The summed E-state index contributed by atoms with van der Waals surface area (Å²) in [5, 5.41) is 0. The summed E-state index contributed by atoms with van der Waals surface area (Å²) in [7, 11) is -6.00. The van der Waals surface area contributed by atoms with Crippen molar-refractivity contribution in [2.75, 3.05) is 6.61 Å². The maximum Gasteiger partial charge on any atom is 0.673 e. The van der Waals surface area contributed by atoms with Crippen LogP contribution in [0.1, 0.15) is 17.4 Å². The van der Waals surface area contributed by atoms with Gasteiger partial charge in [-0.25, -0.2) is 4.79 Å². The Kier molecular flexibility index (Phi) is 8.19. The fourth-order valence-electron chi connectivity index (χ4n) is 3.42. The van der Waals surface area contributed by atoms with Crippen LogP contribution in [0.2, 0.25) is 0 Å². The zero-order valence-electron chi connectivity index (χ0n) is 18.4. The van der Waals surface area contributed by atoms with E-state index < -0.39 is 7.25 Å². The molecule has 3 nitrogen and oxygen atoms in total. The normalized spacial score (nSPS) is 10.7. The first-order valence-corrected chi connectivity index (χ1v) is 10.6. The second-order valence-corrected chi connectivity index (χ2v) is 7.13. The van der Waals surface area contributed by atoms with Crippen molar-refractivity contribution < 1.29 is 31.4 Å². The molecule has 4 rings (SSSR count). The van der Waals surface area contributed by atoms with E-state index in [1.165, 1.54) is 0 Å². The van der Waals surface area contributed by atoms with Gasteiger partial charge in [0, 0.05) is 29.8 Å². The molecule has 0 saturated heterocycles. The highest BCUT2D eigenvalue weighted by atomic mass is 19.5. The van der Waals surface area contributed by atoms with Gasteiger partial charge in [-0.2, -0.15) is 0 Å². The minimum atomic E-state index is -6.00. The number of para-hydroxylation sites is 1. The minimum absolute atomic E-state index is 0.323. The molecular formula is C26H22BF4NO2. The number of hydrogen-bond acceptors (Lipinski definition) is 2. The molecule has 0 radical (unpaired) electrons. The van der Waals surface area contributed by atoms with Gasteiger partial charge in [-0.1, -0.05) is 66.7 Å². The number of aromatic nitrogens is 1. The standard InChI is InChI=1S/C26H22NO2.BF4/c1-2-29-26(28)25-19-22(20-12-6-3-7-13-20)18-24(21-14-8-4-9-15-21)27(25)23-16-10-5-11-17-23;2-1(3,4)5/h3-19H,2H2,1H3;/q+1;-1. The highest BCUT2D eigenvalue weighted by molar-refractivity contribution is 6.50. The predicted molar refractivity (Wildman–Crippen MR) is 125 cm³/mol. The summed E-state index contributed by atoms with van der Waals surface area (Å²) in [6.07, 6.45) is 0. The fraction of sp³-hybridized carbons (Fsp3) is 0.0769. The van der Waals surface area contributed by atoms with Crippen LogP contribution in [0.3, 0.4) is 0 Å². The summed E-state index contributed by atoms with van der Waals surface area (Å²) in [6.45, 7) is 2.15. The van der Waals surface area contributed by atoms with Crippen LogP contribution >= 0.6 is 0 Å². The molecule has 174 valence electrons. The average molecular weight is 467 g/mol. The number of esters is 1. The van der Waals surface area contributed by atoms with Gasteiger partial charge in [-0.15, -0.1) is 4.57 Å². The van der Waals surface area contributed by atoms with E-state index in [9.17, 15) is 22.1 Å². The molecule has 0 saturated carbocycles. The van der Waals surface area contributed by atoms with E-state index in [2.05, 4.69) is 18.2 Å². The second-order valence-electron chi connectivity index (χ2n) is 7.13. The van der Waals surface area contributed by atoms with Crippen LogP contribution in [0.25, 0.3) is 28.1 Å². The number of pyridine rings is 1. The molecule has 34 heavy (non-hydrogen) atoms. The molecule has 8 heteroatoms. The molecule has 0 N–H and O–H groups in total. The summed E-state index contributed by atoms with van der Waals surface area (Å²) < 4.78 is 46.4. The molecule has 0 aliphatic carbocycles. The third-order valence-electron chi connectivity index (χ3n) is 4.74. The quantitative estimate of drug-likeness (QED) is 0.140. The first-order valence-electron chi connectivity index (χ1n) is 10.6. The first kappa shape index (κ1) is 24.7. The Morgan fingerprint density at radius 3 is 1.71 bits per heavy atom. The highest BCUT2D eigenvalue weighted by Gasteiger charge is 2.29. The third-order valence-corrected chi connectivity index (χ3v) is 4.74. The lowest BCUT2D eigenvalue weighted by molar-refractivity contribution is -0.587. The molecule has 4 aromatic rings. The Hall–Kier alpha value is -3.94. The molecule has 0 unspecified atom stereocenters. The highest BCUT2D eigenvalue weighted by Crippen LogP contribution is 2.26. The van der Waals surface area contributed by atoms with Crippen molar-refractivity contribution in [1.82, 2.24) is 0 Å². The monoisotopic (exact) mass is 467 g/mol. The lowest BCUT2D eigenvalue weighted by Gasteiger charge is -2.11. The number of benzene rings is 3. The van der Waals surface area contributed by atoms with Gasteiger partial charge in [0.2, 0.25) is 11.4 Å². The molecule has 1 aromatic heterocycles. The minimum Gasteiger partial charge on any atom is -0.458 e. The molecule has 0 spiro atoms. The van der Waals surface area contributed by atoms with E-state index in [0.717, 1.165) is 28.1 Å². The van der Waals surface area contributed by atoms with Crippen molar-refractivity contribution in [3.63, 3.8) is 0 Å². The maximum absolute atomic E-state index is 13.0. The van der Waals surface area contributed by atoms with Crippen LogP contribution in [0.15, 0.2) is 103 Å². The van der Waals surface area contributed by atoms with E-state index in [-0.39, 0.29) is 5.97 Å². The van der Waals surface area contributed by atoms with Crippen LogP contribution in [0.4, 0.5) is 17.3 Å². The molecule has 1 heterocycles. The van der Waals surface area contributed by atoms with Crippen molar-refractivity contribution >= 4 is 13.2 Å². The number of carbonyl (C=O) groups is 1. The molecule has 0 fully saturated rings. The molecule has 0 bridgehead atoms. The summed E-state index contributed by atoms with van der Waals surface area (Å²) in [4.78, 5) is 13.0. The van der Waals surface area contributed by atoms with Crippen LogP contribution in [-0.4, -0.2) is 19.8 Å². The van der Waals surface area contributed by atoms with Gasteiger partial charge >= 0.3 is 13.2 Å². The van der Waals surface area contributed by atoms with Gasteiger partial charge in [0.05, 0.1) is 6.61 Å². The number of nitrogens with zero attached hydrogens (tertiary/aromatic N) is 1. The summed E-state index contributed by atoms with van der Waals surface area (Å²) >= 11 is 0. The van der Waals surface area contributed by atoms with E-state index in [1.807, 2.05) is 96.4 Å². The average Bonchev–Trinajstić information content (AvgIpc) is 2.84. The molecule has 0 amide bonds. The van der Waals surface area contributed by atoms with Crippen molar-refractivity contribution in [3.05, 3.63) is 109 Å². The Labute approximate surface area is 195 Å². The predicted octanol–water partition coefficient (Wildman–Crippen LogP) is 6.77. The summed E-state index contributed by atoms with van der Waals surface area (Å²) in [5.41, 5.74) is 5.39. The van der Waals surface area contributed by atoms with Crippen molar-refractivity contribution in [2.24, 2.45) is 0 Å². The summed E-state index contributed by atoms with van der Waals surface area (Å²) in [5.74, 6) is -0.341. The largest absolute Gasteiger partial charge is 0.673 e. The van der Waals surface area contributed by atoms with Crippen LogP contribution in [0.5, 0.6) is 0 Å². The number of halogens is 4. The molecule has 0 atom stereocenters. The van der Waals surface area contributed by atoms with E-state index >= 15 is 0 Å². The Morgan fingerprint density at radius 2 is 1.21 bits per heavy atom. The van der Waals surface area contributed by atoms with E-state index in [1.54, 1.807) is 0 Å². The van der Waals surface area contributed by atoms with E-state index in [4.69, 9.17) is 4.74 Å². The van der Waals surface area contributed by atoms with Gasteiger partial charge in [-0.05, 0) is 30.2 Å². The van der Waals surface area contributed by atoms with Crippen molar-refractivity contribution in [3.8, 4) is 28.1 Å². The zero-order valence-corrected chi connectivity index (χ0v) is 18.4.